The molecule has 0 unspecified atom stereocenters. The van der Waals surface area contributed by atoms with Crippen LogP contribution >= 0.6 is 22.9 Å². The van der Waals surface area contributed by atoms with Gasteiger partial charge in [0.05, 0.1) is 5.69 Å². The zero-order chi connectivity index (χ0) is 27.2. The first-order valence-corrected chi connectivity index (χ1v) is 15.4. The lowest BCUT2D eigenvalue weighted by molar-refractivity contribution is -0.126. The average Bonchev–Trinajstić information content (AvgIpc) is 3.72. The van der Waals surface area contributed by atoms with Crippen LogP contribution in [0, 0.1) is 0 Å². The van der Waals surface area contributed by atoms with E-state index < -0.39 is 11.9 Å². The first kappa shape index (κ1) is 27.3. The smallest absolute Gasteiger partial charge is 0.273 e. The number of nitrogens with two attached hydrogens (primary N) is 1. The Kier molecular flexibility index (Phi) is 8.93. The van der Waals surface area contributed by atoms with E-state index in [0.29, 0.717) is 0 Å². The van der Waals surface area contributed by atoms with Gasteiger partial charge in [-0.2, -0.15) is 4.37 Å². The monoisotopic (exact) mass is 565 g/mol. The van der Waals surface area contributed by atoms with Gasteiger partial charge >= 0.3 is 0 Å². The van der Waals surface area contributed by atoms with Crippen LogP contribution in [0.25, 0.3) is 0 Å². The standard InChI is InChI=1S/C29H35N5O3S2/c30-23-24(27(35)31-20-12-5-2-6-13-20)33-39-26(23)29(37)34(18-19-10-3-1-4-11-19)25(22-16-9-17-38-22)28(36)32-21-14-7-8-15-21/h1,3-4,9-11,16-17,20-21,25H,2,5-8,12-15,18,30H2,(H,31,35)(H,32,36)/t25-/m1/s1. The maximum Gasteiger partial charge on any atom is 0.273 e. The van der Waals surface area contributed by atoms with Crippen molar-refractivity contribution in [2.75, 3.05) is 5.73 Å². The fraction of sp³-hybridized carbons (Fsp3) is 0.448. The van der Waals surface area contributed by atoms with Gasteiger partial charge in [-0.15, -0.1) is 11.3 Å². The normalized spacial score (nSPS) is 17.0. The lowest BCUT2D eigenvalue weighted by atomic mass is 9.95. The number of nitrogen functional groups attached to an aromatic ring is 1. The van der Waals surface area contributed by atoms with Crippen LogP contribution < -0.4 is 16.4 Å². The Bertz CT molecular complexity index is 1270. The number of nitrogens with zero attached hydrogens (tertiary/aromatic N) is 2. The number of amides is 3. The van der Waals surface area contributed by atoms with Crippen molar-refractivity contribution in [1.29, 1.82) is 0 Å². The maximum atomic E-state index is 14.2. The van der Waals surface area contributed by atoms with Gasteiger partial charge in [0.25, 0.3) is 11.8 Å². The lowest BCUT2D eigenvalue weighted by Gasteiger charge is -2.31. The predicted molar refractivity (Wildman–Crippen MR) is 155 cm³/mol. The molecule has 39 heavy (non-hydrogen) atoms. The fourth-order valence-corrected chi connectivity index (χ4v) is 7.12. The van der Waals surface area contributed by atoms with E-state index in [9.17, 15) is 14.4 Å². The van der Waals surface area contributed by atoms with Crippen molar-refractivity contribution in [1.82, 2.24) is 19.9 Å². The van der Waals surface area contributed by atoms with E-state index >= 15 is 0 Å². The molecule has 1 aromatic carbocycles. The summed E-state index contributed by atoms with van der Waals surface area (Å²) < 4.78 is 4.30. The van der Waals surface area contributed by atoms with E-state index in [-0.39, 0.29) is 46.7 Å². The number of anilines is 1. The van der Waals surface area contributed by atoms with E-state index in [1.165, 1.54) is 17.8 Å². The Morgan fingerprint density at radius 2 is 1.59 bits per heavy atom. The zero-order valence-electron chi connectivity index (χ0n) is 21.9. The molecule has 4 N–H and O–H groups in total. The highest BCUT2D eigenvalue weighted by atomic mass is 32.1. The highest BCUT2D eigenvalue weighted by molar-refractivity contribution is 7.10. The number of hydrogen-bond donors (Lipinski definition) is 3. The van der Waals surface area contributed by atoms with Crippen LogP contribution in [0.5, 0.6) is 0 Å². The molecule has 5 rings (SSSR count). The number of carbonyl (C=O) groups excluding carboxylic acids is 3. The molecule has 1 atom stereocenters. The largest absolute Gasteiger partial charge is 0.395 e. The van der Waals surface area contributed by atoms with E-state index in [1.807, 2.05) is 47.8 Å². The summed E-state index contributed by atoms with van der Waals surface area (Å²) in [5, 5.41) is 8.14. The highest BCUT2D eigenvalue weighted by Gasteiger charge is 2.37. The minimum atomic E-state index is -0.834. The summed E-state index contributed by atoms with van der Waals surface area (Å²) in [7, 11) is 0. The van der Waals surface area contributed by atoms with Crippen molar-refractivity contribution < 1.29 is 14.4 Å². The van der Waals surface area contributed by atoms with Crippen LogP contribution in [-0.4, -0.2) is 39.1 Å². The van der Waals surface area contributed by atoms with Gasteiger partial charge in [-0.25, -0.2) is 0 Å². The van der Waals surface area contributed by atoms with Crippen molar-refractivity contribution in [2.24, 2.45) is 0 Å². The number of nitrogens with one attached hydrogen (secondary N) is 2. The van der Waals surface area contributed by atoms with Gasteiger partial charge < -0.3 is 21.3 Å². The van der Waals surface area contributed by atoms with Crippen LogP contribution in [0.15, 0.2) is 47.8 Å². The second-order valence-electron chi connectivity index (χ2n) is 10.4. The van der Waals surface area contributed by atoms with E-state index in [0.717, 1.165) is 73.3 Å². The summed E-state index contributed by atoms with van der Waals surface area (Å²) in [4.78, 5) is 43.5. The molecule has 0 aliphatic heterocycles. The molecular weight excluding hydrogens is 530 g/mol. The first-order valence-electron chi connectivity index (χ1n) is 13.8. The number of rotatable bonds is 9. The molecule has 0 saturated heterocycles. The Labute approximate surface area is 237 Å². The molecular formula is C29H35N5O3S2. The summed E-state index contributed by atoms with van der Waals surface area (Å²) in [6, 6.07) is 12.7. The summed E-state index contributed by atoms with van der Waals surface area (Å²) in [6.45, 7) is 0.210. The Morgan fingerprint density at radius 1 is 0.923 bits per heavy atom. The van der Waals surface area contributed by atoms with E-state index in [1.54, 1.807) is 4.90 Å². The molecule has 2 saturated carbocycles. The molecule has 206 valence electrons. The third-order valence-corrected chi connectivity index (χ3v) is 9.38. The van der Waals surface area contributed by atoms with Crippen LogP contribution in [0.2, 0.25) is 0 Å². The fourth-order valence-electron chi connectivity index (χ4n) is 5.53. The highest BCUT2D eigenvalue weighted by Crippen LogP contribution is 2.33. The minimum absolute atomic E-state index is 0.0671. The predicted octanol–water partition coefficient (Wildman–Crippen LogP) is 5.29. The summed E-state index contributed by atoms with van der Waals surface area (Å²) in [5.74, 6) is -0.962. The molecule has 2 aromatic heterocycles. The number of aromatic nitrogens is 1. The topological polar surface area (TPSA) is 117 Å². The summed E-state index contributed by atoms with van der Waals surface area (Å²) in [6.07, 6.45) is 9.28. The molecule has 0 spiro atoms. The second-order valence-corrected chi connectivity index (χ2v) is 12.2. The summed E-state index contributed by atoms with van der Waals surface area (Å²) in [5.41, 5.74) is 7.45. The van der Waals surface area contributed by atoms with Gasteiger partial charge in [-0.1, -0.05) is 68.5 Å². The SMILES string of the molecule is Nc1c(C(=O)NC2CCCCC2)nsc1C(=O)N(Cc1ccccc1)[C@@H](C(=O)NC1CCCC1)c1cccs1. The Hall–Kier alpha value is -3.24. The number of thiophene rings is 1. The van der Waals surface area contributed by atoms with E-state index in [4.69, 9.17) is 5.73 Å². The van der Waals surface area contributed by atoms with E-state index in [2.05, 4.69) is 15.0 Å². The molecule has 2 heterocycles. The molecule has 0 radical (unpaired) electrons. The molecule has 2 aliphatic carbocycles. The number of carbonyl (C=O) groups is 3. The molecule has 8 nitrogen and oxygen atoms in total. The Balaban J connectivity index is 1.45. The van der Waals surface area contributed by atoms with Gasteiger partial charge in [-0.3, -0.25) is 14.4 Å². The van der Waals surface area contributed by atoms with Crippen molar-refractivity contribution in [3.63, 3.8) is 0 Å². The van der Waals surface area contributed by atoms with Crippen molar-refractivity contribution in [2.45, 2.75) is 82.5 Å². The minimum Gasteiger partial charge on any atom is -0.395 e. The number of hydrogen-bond acceptors (Lipinski definition) is 7. The third-order valence-electron chi connectivity index (χ3n) is 7.61. The molecule has 2 fully saturated rings. The van der Waals surface area contributed by atoms with Crippen molar-refractivity contribution in [3.05, 3.63) is 68.9 Å². The lowest BCUT2D eigenvalue weighted by Crippen LogP contribution is -2.45. The summed E-state index contributed by atoms with van der Waals surface area (Å²) >= 11 is 2.36. The average molecular weight is 566 g/mol. The van der Waals surface area contributed by atoms with Crippen molar-refractivity contribution in [3.8, 4) is 0 Å². The third kappa shape index (κ3) is 6.50. The Morgan fingerprint density at radius 3 is 2.26 bits per heavy atom. The van der Waals surface area contributed by atoms with Gasteiger partial charge in [0.1, 0.15) is 10.9 Å². The second kappa shape index (κ2) is 12.7. The first-order chi connectivity index (χ1) is 19.0. The molecule has 3 aromatic rings. The van der Waals surface area contributed by atoms with Gasteiger partial charge in [0.2, 0.25) is 5.91 Å². The number of benzene rings is 1. The van der Waals surface area contributed by atoms with Gasteiger partial charge in [-0.05, 0) is 54.2 Å². The molecule has 3 amide bonds. The van der Waals surface area contributed by atoms with Crippen molar-refractivity contribution >= 4 is 46.3 Å². The molecule has 2 aliphatic rings. The van der Waals surface area contributed by atoms with Crippen LogP contribution in [0.4, 0.5) is 5.69 Å². The van der Waals surface area contributed by atoms with Crippen LogP contribution in [-0.2, 0) is 11.3 Å². The molecule has 0 bridgehead atoms. The van der Waals surface area contributed by atoms with Gasteiger partial charge in [0.15, 0.2) is 5.69 Å². The zero-order valence-corrected chi connectivity index (χ0v) is 23.6. The molecule has 10 heteroatoms. The quantitative estimate of drug-likeness (QED) is 0.326. The van der Waals surface area contributed by atoms with Crippen LogP contribution in [0.1, 0.15) is 94.4 Å². The maximum absolute atomic E-state index is 14.2. The van der Waals surface area contributed by atoms with Gasteiger partial charge in [0, 0.05) is 23.5 Å². The van der Waals surface area contributed by atoms with Crippen LogP contribution in [0.3, 0.4) is 0 Å².